The number of halogens is 1. The number of ether oxygens (including phenoxy) is 1. The van der Waals surface area contributed by atoms with Crippen LogP contribution in [-0.2, 0) is 18.4 Å². The Labute approximate surface area is 131 Å². The normalized spacial score (nSPS) is 11.5. The van der Waals surface area contributed by atoms with Gasteiger partial charge in [0.25, 0.3) is 0 Å². The highest BCUT2D eigenvalue weighted by atomic mass is 35.5. The first kappa shape index (κ1) is 15.8. The van der Waals surface area contributed by atoms with Gasteiger partial charge in [-0.3, -0.25) is 4.98 Å². The highest BCUT2D eigenvalue weighted by molar-refractivity contribution is 6.29. The minimum atomic E-state index is 0.0339. The van der Waals surface area contributed by atoms with E-state index in [1.54, 1.807) is 6.20 Å². The molecular formula is C17H21ClN2O. The number of hydrogen-bond acceptors (Lipinski definition) is 3. The average Bonchev–Trinajstić information content (AvgIpc) is 2.45. The molecule has 4 heteroatoms. The van der Waals surface area contributed by atoms with Gasteiger partial charge in [0.1, 0.15) is 17.5 Å². The zero-order valence-electron chi connectivity index (χ0n) is 13.0. The van der Waals surface area contributed by atoms with Crippen molar-refractivity contribution in [2.45, 2.75) is 46.1 Å². The van der Waals surface area contributed by atoms with Crippen LogP contribution in [0.2, 0.25) is 5.15 Å². The Morgan fingerprint density at radius 3 is 2.48 bits per heavy atom. The fourth-order valence-electron chi connectivity index (χ4n) is 2.07. The van der Waals surface area contributed by atoms with Crippen LogP contribution in [0, 0.1) is 0 Å². The lowest BCUT2D eigenvalue weighted by Crippen LogP contribution is -2.14. The fraction of sp³-hybridized carbons (Fsp3) is 0.412. The number of hydrogen-bond donors (Lipinski definition) is 0. The van der Waals surface area contributed by atoms with Crippen LogP contribution >= 0.6 is 11.6 Å². The summed E-state index contributed by atoms with van der Waals surface area (Å²) in [6.07, 6.45) is 4.19. The molecule has 0 spiro atoms. The van der Waals surface area contributed by atoms with Crippen LogP contribution in [0.15, 0.2) is 30.6 Å². The summed E-state index contributed by atoms with van der Waals surface area (Å²) < 4.78 is 5.94. The van der Waals surface area contributed by atoms with E-state index >= 15 is 0 Å². The topological polar surface area (TPSA) is 35.0 Å². The average molecular weight is 305 g/mol. The summed E-state index contributed by atoms with van der Waals surface area (Å²) in [5, 5.41) is 0.390. The van der Waals surface area contributed by atoms with Gasteiger partial charge in [0.05, 0.1) is 18.1 Å². The first-order chi connectivity index (χ1) is 9.90. The molecule has 0 bridgehead atoms. The Kier molecular flexibility index (Phi) is 4.84. The largest absolute Gasteiger partial charge is 0.487 e. The zero-order valence-corrected chi connectivity index (χ0v) is 13.7. The molecule has 1 heterocycles. The third-order valence-electron chi connectivity index (χ3n) is 3.31. The van der Waals surface area contributed by atoms with Crippen molar-refractivity contribution < 1.29 is 4.74 Å². The van der Waals surface area contributed by atoms with E-state index < -0.39 is 0 Å². The minimum Gasteiger partial charge on any atom is -0.487 e. The van der Waals surface area contributed by atoms with Crippen LogP contribution in [0.1, 0.15) is 44.5 Å². The molecule has 0 atom stereocenters. The van der Waals surface area contributed by atoms with Crippen molar-refractivity contribution in [3.05, 3.63) is 52.6 Å². The molecule has 0 amide bonds. The fourth-order valence-corrected chi connectivity index (χ4v) is 2.17. The third-order valence-corrected chi connectivity index (χ3v) is 3.50. The smallest absolute Gasteiger partial charge is 0.147 e. The monoisotopic (exact) mass is 304 g/mol. The summed E-state index contributed by atoms with van der Waals surface area (Å²) in [6.45, 7) is 9.12. The highest BCUT2D eigenvalue weighted by Crippen LogP contribution is 2.32. The van der Waals surface area contributed by atoms with Gasteiger partial charge in [-0.05, 0) is 29.0 Å². The lowest BCUT2D eigenvalue weighted by molar-refractivity contribution is 0.292. The highest BCUT2D eigenvalue weighted by Gasteiger charge is 2.19. The van der Waals surface area contributed by atoms with Gasteiger partial charge in [0.2, 0.25) is 0 Å². The van der Waals surface area contributed by atoms with Crippen molar-refractivity contribution in [2.75, 3.05) is 0 Å². The number of rotatable bonds is 4. The Balaban J connectivity index is 2.21. The summed E-state index contributed by atoms with van der Waals surface area (Å²) in [6, 6.07) is 6.38. The molecule has 0 radical (unpaired) electrons. The molecule has 0 aliphatic carbocycles. The Morgan fingerprint density at radius 2 is 1.90 bits per heavy atom. The molecule has 0 unspecified atom stereocenters. The standard InChI is InChI=1S/C17H21ClN2O/c1-5-12-6-7-15(14(8-12)17(2,3)4)21-11-13-9-20-16(18)10-19-13/h6-10H,5,11H2,1-4H3. The maximum atomic E-state index is 5.94. The molecule has 1 aromatic heterocycles. The maximum absolute atomic E-state index is 5.94. The van der Waals surface area contributed by atoms with Crippen LogP contribution in [0.25, 0.3) is 0 Å². The molecule has 2 aromatic rings. The molecule has 0 N–H and O–H groups in total. The molecule has 0 fully saturated rings. The predicted molar refractivity (Wildman–Crippen MR) is 85.9 cm³/mol. The van der Waals surface area contributed by atoms with E-state index in [-0.39, 0.29) is 5.41 Å². The third kappa shape index (κ3) is 4.18. The summed E-state index contributed by atoms with van der Waals surface area (Å²) in [5.41, 5.74) is 3.33. The molecule has 112 valence electrons. The Hall–Kier alpha value is -1.61. The van der Waals surface area contributed by atoms with E-state index in [0.717, 1.165) is 17.9 Å². The summed E-state index contributed by atoms with van der Waals surface area (Å²) in [5.74, 6) is 0.899. The molecule has 1 aromatic carbocycles. The van der Waals surface area contributed by atoms with E-state index in [4.69, 9.17) is 16.3 Å². The molecule has 0 aliphatic heterocycles. The number of benzene rings is 1. The second-order valence-corrected chi connectivity index (χ2v) is 6.44. The van der Waals surface area contributed by atoms with Crippen molar-refractivity contribution in [2.24, 2.45) is 0 Å². The summed E-state index contributed by atoms with van der Waals surface area (Å²) in [7, 11) is 0. The van der Waals surface area contributed by atoms with Crippen molar-refractivity contribution >= 4 is 11.6 Å². The molecular weight excluding hydrogens is 284 g/mol. The van der Waals surface area contributed by atoms with Crippen molar-refractivity contribution in [1.82, 2.24) is 9.97 Å². The number of aromatic nitrogens is 2. The van der Waals surface area contributed by atoms with Crippen LogP contribution in [0.3, 0.4) is 0 Å². The second-order valence-electron chi connectivity index (χ2n) is 6.05. The van der Waals surface area contributed by atoms with E-state index in [0.29, 0.717) is 11.8 Å². The Bertz CT molecular complexity index is 603. The van der Waals surface area contributed by atoms with Gasteiger partial charge < -0.3 is 4.74 Å². The predicted octanol–water partition coefficient (Wildman–Crippen LogP) is 4.57. The van der Waals surface area contributed by atoms with E-state index in [2.05, 4.69) is 49.8 Å². The quantitative estimate of drug-likeness (QED) is 0.830. The number of aryl methyl sites for hydroxylation is 1. The van der Waals surface area contributed by atoms with E-state index in [1.165, 1.54) is 17.3 Å². The van der Waals surface area contributed by atoms with Crippen LogP contribution in [0.4, 0.5) is 0 Å². The molecule has 2 rings (SSSR count). The molecule has 0 saturated carbocycles. The molecule has 21 heavy (non-hydrogen) atoms. The molecule has 0 aliphatic rings. The van der Waals surface area contributed by atoms with Gasteiger partial charge in [0, 0.05) is 0 Å². The lowest BCUT2D eigenvalue weighted by atomic mass is 9.85. The second kappa shape index (κ2) is 6.44. The van der Waals surface area contributed by atoms with Crippen molar-refractivity contribution in [3.8, 4) is 5.75 Å². The van der Waals surface area contributed by atoms with Gasteiger partial charge in [-0.15, -0.1) is 0 Å². The van der Waals surface area contributed by atoms with E-state index in [9.17, 15) is 0 Å². The van der Waals surface area contributed by atoms with Crippen LogP contribution in [0.5, 0.6) is 5.75 Å². The zero-order chi connectivity index (χ0) is 15.5. The summed E-state index contributed by atoms with van der Waals surface area (Å²) in [4.78, 5) is 8.21. The van der Waals surface area contributed by atoms with E-state index in [1.807, 2.05) is 6.07 Å². The van der Waals surface area contributed by atoms with Crippen molar-refractivity contribution in [3.63, 3.8) is 0 Å². The van der Waals surface area contributed by atoms with Gasteiger partial charge in [-0.2, -0.15) is 0 Å². The van der Waals surface area contributed by atoms with Gasteiger partial charge >= 0.3 is 0 Å². The van der Waals surface area contributed by atoms with Crippen molar-refractivity contribution in [1.29, 1.82) is 0 Å². The van der Waals surface area contributed by atoms with Gasteiger partial charge in [-0.1, -0.05) is 51.4 Å². The maximum Gasteiger partial charge on any atom is 0.147 e. The SMILES string of the molecule is CCc1ccc(OCc2cnc(Cl)cn2)c(C(C)(C)C)c1. The minimum absolute atomic E-state index is 0.0339. The first-order valence-electron chi connectivity index (χ1n) is 7.12. The molecule has 3 nitrogen and oxygen atoms in total. The van der Waals surface area contributed by atoms with Gasteiger partial charge in [0.15, 0.2) is 0 Å². The van der Waals surface area contributed by atoms with Crippen LogP contribution < -0.4 is 4.74 Å². The molecule has 0 saturated heterocycles. The first-order valence-corrected chi connectivity index (χ1v) is 7.50. The Morgan fingerprint density at radius 1 is 1.14 bits per heavy atom. The van der Waals surface area contributed by atoms with Gasteiger partial charge in [-0.25, -0.2) is 4.98 Å². The van der Waals surface area contributed by atoms with Crippen LogP contribution in [-0.4, -0.2) is 9.97 Å². The lowest BCUT2D eigenvalue weighted by Gasteiger charge is -2.23. The summed E-state index contributed by atoms with van der Waals surface area (Å²) >= 11 is 5.73. The number of nitrogens with zero attached hydrogens (tertiary/aromatic N) is 2.